The minimum absolute atomic E-state index is 0.105. The molecule has 0 spiro atoms. The van der Waals surface area contributed by atoms with Crippen LogP contribution in [0.15, 0.2) is 0 Å². The summed E-state index contributed by atoms with van der Waals surface area (Å²) in [7, 11) is -9.92. The number of carbonyl (C=O) groups excluding carboxylic acids is 4. The van der Waals surface area contributed by atoms with Crippen molar-refractivity contribution in [2.75, 3.05) is 39.6 Å². The SMILES string of the molecule is CC(C)CCCCCCCCCCCCCCCCCCCCC(=O)O[C@H](COC(=O)CCCCCCCCCCCCCCC(C)C)COP(=O)(O)OC[C@@H](O)COP(=O)(O)OC[C@@H](COC(=O)CCCCCCCCC(C)C)OC(=O)CCCCCCCCCCCCCC(C)C. The first-order valence-electron chi connectivity index (χ1n) is 41.2. The molecule has 5 atom stereocenters. The molecule has 0 aromatic rings. The molecule has 0 aliphatic heterocycles. The molecule has 19 heteroatoms. The van der Waals surface area contributed by atoms with Crippen LogP contribution in [-0.4, -0.2) is 96.7 Å². The molecule has 0 amide bonds. The summed E-state index contributed by atoms with van der Waals surface area (Å²) in [5.41, 5.74) is 0. The quantitative estimate of drug-likeness (QED) is 0.0222. The minimum atomic E-state index is -4.96. The van der Waals surface area contributed by atoms with Gasteiger partial charge in [-0.15, -0.1) is 0 Å². The maximum Gasteiger partial charge on any atom is 0.472 e. The smallest absolute Gasteiger partial charge is 0.462 e. The van der Waals surface area contributed by atoms with Crippen LogP contribution in [-0.2, 0) is 65.4 Å². The number of carbonyl (C=O) groups is 4. The molecule has 0 aromatic carbocycles. The van der Waals surface area contributed by atoms with Crippen LogP contribution in [0.2, 0.25) is 0 Å². The summed E-state index contributed by atoms with van der Waals surface area (Å²) in [5.74, 6) is 0.929. The van der Waals surface area contributed by atoms with Crippen molar-refractivity contribution in [3.63, 3.8) is 0 Å². The number of ether oxygens (including phenoxy) is 4. The lowest BCUT2D eigenvalue weighted by molar-refractivity contribution is -0.161. The number of esters is 4. The molecular formula is C80H156O17P2. The first-order valence-corrected chi connectivity index (χ1v) is 44.2. The lowest BCUT2D eigenvalue weighted by atomic mass is 10.0. The normalized spacial score (nSPS) is 14.1. The monoisotopic (exact) mass is 1450 g/mol. The number of aliphatic hydroxyl groups is 1. The average Bonchev–Trinajstić information content (AvgIpc) is 0.974. The number of unbranched alkanes of at least 4 members (excludes halogenated alkanes) is 43. The van der Waals surface area contributed by atoms with Crippen LogP contribution < -0.4 is 0 Å². The zero-order valence-electron chi connectivity index (χ0n) is 65.1. The lowest BCUT2D eigenvalue weighted by Gasteiger charge is -2.21. The van der Waals surface area contributed by atoms with Crippen molar-refractivity contribution < 1.29 is 80.2 Å². The van der Waals surface area contributed by atoms with E-state index in [1.165, 1.54) is 205 Å². The van der Waals surface area contributed by atoms with E-state index in [2.05, 4.69) is 55.4 Å². The number of aliphatic hydroxyl groups excluding tert-OH is 1. The third kappa shape index (κ3) is 74.1. The number of rotatable bonds is 77. The minimum Gasteiger partial charge on any atom is -0.462 e. The van der Waals surface area contributed by atoms with Gasteiger partial charge in [0.05, 0.1) is 26.4 Å². The Balaban J connectivity index is 5.21. The van der Waals surface area contributed by atoms with Gasteiger partial charge in [-0.05, 0) is 49.4 Å². The second-order valence-electron chi connectivity index (χ2n) is 30.7. The maximum absolute atomic E-state index is 13.1. The van der Waals surface area contributed by atoms with E-state index in [1.54, 1.807) is 0 Å². The molecule has 0 heterocycles. The molecule has 588 valence electrons. The first kappa shape index (κ1) is 97.1. The van der Waals surface area contributed by atoms with Crippen molar-refractivity contribution in [2.45, 2.75) is 427 Å². The molecule has 0 aromatic heterocycles. The van der Waals surface area contributed by atoms with Gasteiger partial charge in [-0.25, -0.2) is 9.13 Å². The summed E-state index contributed by atoms with van der Waals surface area (Å²) in [6, 6.07) is 0. The second kappa shape index (κ2) is 69.1. The van der Waals surface area contributed by atoms with E-state index in [0.717, 1.165) is 114 Å². The Morgan fingerprint density at radius 2 is 0.424 bits per heavy atom. The largest absolute Gasteiger partial charge is 0.472 e. The Kier molecular flexibility index (Phi) is 67.8. The van der Waals surface area contributed by atoms with E-state index in [0.29, 0.717) is 31.6 Å². The molecule has 0 radical (unpaired) electrons. The van der Waals surface area contributed by atoms with Gasteiger partial charge in [0.15, 0.2) is 12.2 Å². The van der Waals surface area contributed by atoms with Gasteiger partial charge >= 0.3 is 39.5 Å². The summed E-state index contributed by atoms with van der Waals surface area (Å²) in [5, 5.41) is 10.6. The fourth-order valence-corrected chi connectivity index (χ4v) is 13.8. The van der Waals surface area contributed by atoms with Crippen LogP contribution in [0.5, 0.6) is 0 Å². The summed E-state index contributed by atoms with van der Waals surface area (Å²) in [4.78, 5) is 72.9. The van der Waals surface area contributed by atoms with Crippen LogP contribution in [0.1, 0.15) is 409 Å². The van der Waals surface area contributed by atoms with Crippen molar-refractivity contribution in [1.29, 1.82) is 0 Å². The highest BCUT2D eigenvalue weighted by atomic mass is 31.2. The van der Waals surface area contributed by atoms with Crippen molar-refractivity contribution in [2.24, 2.45) is 23.7 Å². The molecule has 0 aliphatic rings. The van der Waals surface area contributed by atoms with Gasteiger partial charge in [0.25, 0.3) is 0 Å². The molecule has 0 fully saturated rings. The molecular weight excluding hydrogens is 1290 g/mol. The zero-order chi connectivity index (χ0) is 73.1. The number of hydrogen-bond acceptors (Lipinski definition) is 15. The van der Waals surface area contributed by atoms with Crippen molar-refractivity contribution >= 4 is 39.5 Å². The molecule has 0 bridgehead atoms. The maximum atomic E-state index is 13.1. The Morgan fingerprint density at radius 3 is 0.626 bits per heavy atom. The molecule has 0 saturated heterocycles. The van der Waals surface area contributed by atoms with Gasteiger partial charge < -0.3 is 33.8 Å². The van der Waals surface area contributed by atoms with Crippen LogP contribution >= 0.6 is 15.6 Å². The Bertz CT molecular complexity index is 1940. The molecule has 2 unspecified atom stereocenters. The molecule has 0 rings (SSSR count). The molecule has 0 aliphatic carbocycles. The van der Waals surface area contributed by atoms with E-state index in [-0.39, 0.29) is 25.7 Å². The molecule has 3 N–H and O–H groups in total. The standard InChI is InChI=1S/C80H156O17P2/c1-70(2)56-48-40-32-26-20-15-13-11-9-10-12-14-16-24-30-36-46-54-62-79(84)96-75(66-90-77(82)60-52-44-35-29-23-18-17-21-27-33-41-49-57-71(3)4)68-94-98(86,87)92-64-74(81)65-93-99(88,89)95-69-76(67-91-78(83)61-53-45-39-38-43-51-59-73(7)8)97-80(85)63-55-47-37-31-25-19-22-28-34-42-50-58-72(5)6/h70-76,81H,9-69H2,1-8H3,(H,86,87)(H,88,89)/t74-,75-,76-/m1/s1. The van der Waals surface area contributed by atoms with E-state index in [4.69, 9.17) is 37.0 Å². The van der Waals surface area contributed by atoms with Gasteiger partial charge in [-0.1, -0.05) is 357 Å². The Morgan fingerprint density at radius 1 is 0.253 bits per heavy atom. The summed E-state index contributed by atoms with van der Waals surface area (Å²) >= 11 is 0. The summed E-state index contributed by atoms with van der Waals surface area (Å²) in [6.45, 7) is 14.2. The predicted octanol–water partition coefficient (Wildman–Crippen LogP) is 23.6. The highest BCUT2D eigenvalue weighted by molar-refractivity contribution is 7.47. The second-order valence-corrected chi connectivity index (χ2v) is 33.6. The van der Waals surface area contributed by atoms with Crippen molar-refractivity contribution in [1.82, 2.24) is 0 Å². The summed E-state index contributed by atoms with van der Waals surface area (Å²) < 4.78 is 68.6. The Hall–Kier alpha value is -1.94. The van der Waals surface area contributed by atoms with Gasteiger partial charge in [0.1, 0.15) is 19.3 Å². The average molecular weight is 1450 g/mol. The van der Waals surface area contributed by atoms with Gasteiger partial charge in [0, 0.05) is 25.7 Å². The summed E-state index contributed by atoms with van der Waals surface area (Å²) in [6.07, 6.45) is 55.7. The first-order chi connectivity index (χ1) is 47.6. The van der Waals surface area contributed by atoms with Crippen molar-refractivity contribution in [3.05, 3.63) is 0 Å². The van der Waals surface area contributed by atoms with E-state index < -0.39 is 97.5 Å². The molecule has 17 nitrogen and oxygen atoms in total. The van der Waals surface area contributed by atoms with E-state index in [9.17, 15) is 43.2 Å². The fraction of sp³-hybridized carbons (Fsp3) is 0.950. The van der Waals surface area contributed by atoms with Gasteiger partial charge in [-0.2, -0.15) is 0 Å². The topological polar surface area (TPSA) is 237 Å². The van der Waals surface area contributed by atoms with Crippen LogP contribution in [0.4, 0.5) is 0 Å². The molecule has 99 heavy (non-hydrogen) atoms. The predicted molar refractivity (Wildman–Crippen MR) is 404 cm³/mol. The highest BCUT2D eigenvalue weighted by Gasteiger charge is 2.30. The zero-order valence-corrected chi connectivity index (χ0v) is 66.9. The van der Waals surface area contributed by atoms with Crippen LogP contribution in [0.3, 0.4) is 0 Å². The van der Waals surface area contributed by atoms with Crippen molar-refractivity contribution in [3.8, 4) is 0 Å². The highest BCUT2D eigenvalue weighted by Crippen LogP contribution is 2.45. The van der Waals surface area contributed by atoms with Crippen LogP contribution in [0, 0.1) is 23.7 Å². The molecule has 0 saturated carbocycles. The third-order valence-electron chi connectivity index (χ3n) is 18.6. The fourth-order valence-electron chi connectivity index (χ4n) is 12.3. The van der Waals surface area contributed by atoms with E-state index in [1.807, 2.05) is 0 Å². The lowest BCUT2D eigenvalue weighted by Crippen LogP contribution is -2.30. The Labute approximate surface area is 607 Å². The number of phosphoric ester groups is 2. The number of hydrogen-bond donors (Lipinski definition) is 3. The van der Waals surface area contributed by atoms with E-state index >= 15 is 0 Å². The van der Waals surface area contributed by atoms with Gasteiger partial charge in [-0.3, -0.25) is 37.3 Å². The van der Waals surface area contributed by atoms with Crippen LogP contribution in [0.25, 0.3) is 0 Å². The third-order valence-corrected chi connectivity index (χ3v) is 20.5. The number of phosphoric acid groups is 2. The van der Waals surface area contributed by atoms with Gasteiger partial charge in [0.2, 0.25) is 0 Å².